The van der Waals surface area contributed by atoms with E-state index in [0.29, 0.717) is 36.6 Å². The summed E-state index contributed by atoms with van der Waals surface area (Å²) in [5.41, 5.74) is 0.00889. The average molecular weight is 496 g/mol. The highest BCUT2D eigenvalue weighted by Crippen LogP contribution is 2.32. The van der Waals surface area contributed by atoms with Crippen LogP contribution in [0, 0.1) is 0 Å². The van der Waals surface area contributed by atoms with Gasteiger partial charge in [-0.15, -0.1) is 0 Å². The van der Waals surface area contributed by atoms with Gasteiger partial charge < -0.3 is 19.2 Å². The predicted molar refractivity (Wildman–Crippen MR) is 121 cm³/mol. The van der Waals surface area contributed by atoms with Crippen LogP contribution in [0.3, 0.4) is 0 Å². The largest absolute Gasteiger partial charge is 0.493 e. The molecule has 1 aromatic carbocycles. The summed E-state index contributed by atoms with van der Waals surface area (Å²) in [6.07, 6.45) is -1.92. The molecule has 11 heteroatoms. The van der Waals surface area contributed by atoms with Gasteiger partial charge in [-0.2, -0.15) is 13.2 Å². The summed E-state index contributed by atoms with van der Waals surface area (Å²) in [7, 11) is 3.12. The van der Waals surface area contributed by atoms with E-state index >= 15 is 0 Å². The first kappa shape index (κ1) is 25.4. The number of ether oxygens (including phenoxy) is 2. The number of hydrogen-bond acceptors (Lipinski definition) is 7. The molecule has 0 saturated carbocycles. The van der Waals surface area contributed by atoms with Gasteiger partial charge in [-0.1, -0.05) is 17.8 Å². The molecule has 0 unspecified atom stereocenters. The van der Waals surface area contributed by atoms with Crippen molar-refractivity contribution in [1.82, 2.24) is 15.3 Å². The second-order valence-electron chi connectivity index (χ2n) is 7.14. The number of hydrogen-bond donors (Lipinski definition) is 1. The van der Waals surface area contributed by atoms with Crippen molar-refractivity contribution in [2.75, 3.05) is 26.5 Å². The minimum Gasteiger partial charge on any atom is -0.493 e. The predicted octanol–water partition coefficient (Wildman–Crippen LogP) is 5.00. The summed E-state index contributed by atoms with van der Waals surface area (Å²) in [6.45, 7) is 0.449. The first-order valence-electron chi connectivity index (χ1n) is 10.4. The van der Waals surface area contributed by atoms with E-state index in [4.69, 9.17) is 13.9 Å². The maximum absolute atomic E-state index is 13.2. The number of rotatable bonds is 11. The van der Waals surface area contributed by atoms with Crippen LogP contribution in [-0.4, -0.2) is 42.4 Å². The number of thioether (sulfide) groups is 1. The fourth-order valence-corrected chi connectivity index (χ4v) is 3.85. The normalized spacial score (nSPS) is 11.3. The highest BCUT2D eigenvalue weighted by molar-refractivity contribution is 7.99. The van der Waals surface area contributed by atoms with Crippen LogP contribution < -0.4 is 14.8 Å². The van der Waals surface area contributed by atoms with Gasteiger partial charge in [0.2, 0.25) is 5.91 Å². The molecule has 0 fully saturated rings. The minimum absolute atomic E-state index is 0.0184. The quantitative estimate of drug-likeness (QED) is 0.228. The fourth-order valence-electron chi connectivity index (χ4n) is 3.05. The third kappa shape index (κ3) is 7.14. The molecular weight excluding hydrogens is 471 g/mol. The van der Waals surface area contributed by atoms with Gasteiger partial charge in [0.25, 0.3) is 0 Å². The first-order valence-corrected chi connectivity index (χ1v) is 11.4. The highest BCUT2D eigenvalue weighted by Gasteiger charge is 2.34. The van der Waals surface area contributed by atoms with E-state index in [9.17, 15) is 18.0 Å². The number of benzene rings is 1. The lowest BCUT2D eigenvalue weighted by Gasteiger charge is -2.10. The number of nitrogens with one attached hydrogen (secondary N) is 1. The summed E-state index contributed by atoms with van der Waals surface area (Å²) in [6, 6.07) is 9.52. The van der Waals surface area contributed by atoms with Crippen molar-refractivity contribution in [3.8, 4) is 23.0 Å². The van der Waals surface area contributed by atoms with Gasteiger partial charge >= 0.3 is 6.18 Å². The lowest BCUT2D eigenvalue weighted by atomic mass is 10.1. The van der Waals surface area contributed by atoms with Crippen molar-refractivity contribution in [3.05, 3.63) is 53.9 Å². The number of aromatic nitrogens is 2. The van der Waals surface area contributed by atoms with Gasteiger partial charge in [-0.05, 0) is 48.7 Å². The Morgan fingerprint density at radius 3 is 2.59 bits per heavy atom. The molecule has 1 amide bonds. The molecule has 7 nitrogen and oxygen atoms in total. The molecule has 0 bridgehead atoms. The molecule has 0 aliphatic rings. The van der Waals surface area contributed by atoms with E-state index in [0.717, 1.165) is 23.4 Å². The number of halogens is 3. The zero-order valence-corrected chi connectivity index (χ0v) is 19.5. The Bertz CT molecular complexity index is 1090. The van der Waals surface area contributed by atoms with E-state index in [1.54, 1.807) is 26.4 Å². The molecule has 2 aromatic heterocycles. The standard InChI is InChI=1S/C23H24F3N3O4S/c1-31-18-8-7-15(13-19(18)32-2)9-10-27-21(30)6-4-12-34-22-28-16(17-5-3-11-33-17)14-20(29-22)23(24,25)26/h3,5,7-8,11,13-14H,4,6,9-10,12H2,1-2H3,(H,27,30). The van der Waals surface area contributed by atoms with Crippen molar-refractivity contribution in [2.24, 2.45) is 0 Å². The molecule has 3 aromatic rings. The Morgan fingerprint density at radius 2 is 1.91 bits per heavy atom. The second-order valence-corrected chi connectivity index (χ2v) is 8.20. The molecule has 0 spiro atoms. The van der Waals surface area contributed by atoms with Gasteiger partial charge in [-0.3, -0.25) is 4.79 Å². The van der Waals surface area contributed by atoms with Crippen LogP contribution in [0.4, 0.5) is 13.2 Å². The van der Waals surface area contributed by atoms with Crippen molar-refractivity contribution in [2.45, 2.75) is 30.6 Å². The lowest BCUT2D eigenvalue weighted by molar-refractivity contribution is -0.141. The summed E-state index contributed by atoms with van der Waals surface area (Å²) in [5, 5.41) is 2.82. The Balaban J connectivity index is 1.46. The average Bonchev–Trinajstić information content (AvgIpc) is 3.36. The Kier molecular flexibility index (Phi) is 8.80. The van der Waals surface area contributed by atoms with Crippen LogP contribution in [-0.2, 0) is 17.4 Å². The number of furan rings is 1. The van der Waals surface area contributed by atoms with Crippen LogP contribution >= 0.6 is 11.8 Å². The van der Waals surface area contributed by atoms with Crippen molar-refractivity contribution >= 4 is 17.7 Å². The number of carbonyl (C=O) groups is 1. The van der Waals surface area contributed by atoms with Crippen molar-refractivity contribution in [3.63, 3.8) is 0 Å². The number of methoxy groups -OCH3 is 2. The molecule has 0 aliphatic carbocycles. The third-order valence-corrected chi connectivity index (χ3v) is 5.67. The van der Waals surface area contributed by atoms with Gasteiger partial charge in [-0.25, -0.2) is 9.97 Å². The molecule has 182 valence electrons. The first-order chi connectivity index (χ1) is 16.3. The zero-order chi connectivity index (χ0) is 24.6. The van der Waals surface area contributed by atoms with Crippen LogP contribution in [0.2, 0.25) is 0 Å². The number of alkyl halides is 3. The minimum atomic E-state index is -4.60. The number of nitrogens with zero attached hydrogens (tertiary/aromatic N) is 2. The Labute approximate surface area is 199 Å². The number of amides is 1. The van der Waals surface area contributed by atoms with Crippen LogP contribution in [0.5, 0.6) is 11.5 Å². The summed E-state index contributed by atoms with van der Waals surface area (Å²) >= 11 is 1.06. The molecule has 1 N–H and O–H groups in total. The van der Waals surface area contributed by atoms with E-state index in [1.165, 1.54) is 12.3 Å². The summed E-state index contributed by atoms with van der Waals surface area (Å²) < 4.78 is 55.3. The monoisotopic (exact) mass is 495 g/mol. The van der Waals surface area contributed by atoms with E-state index in [2.05, 4.69) is 15.3 Å². The smallest absolute Gasteiger partial charge is 0.433 e. The zero-order valence-electron chi connectivity index (χ0n) is 18.6. The lowest BCUT2D eigenvalue weighted by Crippen LogP contribution is -2.25. The van der Waals surface area contributed by atoms with Crippen LogP contribution in [0.25, 0.3) is 11.5 Å². The third-order valence-electron chi connectivity index (χ3n) is 4.73. The van der Waals surface area contributed by atoms with Crippen molar-refractivity contribution < 1.29 is 31.9 Å². The molecule has 2 heterocycles. The van der Waals surface area contributed by atoms with E-state index in [-0.39, 0.29) is 28.9 Å². The molecule has 0 atom stereocenters. The highest BCUT2D eigenvalue weighted by atomic mass is 32.2. The SMILES string of the molecule is COc1ccc(CCNC(=O)CCCSc2nc(-c3ccco3)cc(C(F)(F)F)n2)cc1OC. The maximum atomic E-state index is 13.2. The van der Waals surface area contributed by atoms with Gasteiger partial charge in [0.1, 0.15) is 11.4 Å². The van der Waals surface area contributed by atoms with Gasteiger partial charge in [0.05, 0.1) is 20.5 Å². The Hall–Kier alpha value is -3.21. The van der Waals surface area contributed by atoms with E-state index < -0.39 is 11.9 Å². The molecular formula is C23H24F3N3O4S. The second kappa shape index (κ2) is 11.8. The van der Waals surface area contributed by atoms with Crippen LogP contribution in [0.15, 0.2) is 52.2 Å². The van der Waals surface area contributed by atoms with Crippen LogP contribution in [0.1, 0.15) is 24.1 Å². The summed E-state index contributed by atoms with van der Waals surface area (Å²) in [4.78, 5) is 19.9. The maximum Gasteiger partial charge on any atom is 0.433 e. The molecule has 34 heavy (non-hydrogen) atoms. The van der Waals surface area contributed by atoms with Crippen molar-refractivity contribution in [1.29, 1.82) is 0 Å². The van der Waals surface area contributed by atoms with Gasteiger partial charge in [0.15, 0.2) is 22.4 Å². The molecule has 3 rings (SSSR count). The fraction of sp³-hybridized carbons (Fsp3) is 0.348. The van der Waals surface area contributed by atoms with Gasteiger partial charge in [0, 0.05) is 18.7 Å². The molecule has 0 saturated heterocycles. The molecule has 0 aliphatic heterocycles. The van der Waals surface area contributed by atoms with E-state index in [1.807, 2.05) is 12.1 Å². The summed E-state index contributed by atoms with van der Waals surface area (Å²) in [5.74, 6) is 1.73. The molecule has 0 radical (unpaired) electrons. The topological polar surface area (TPSA) is 86.5 Å². The Morgan fingerprint density at radius 1 is 1.12 bits per heavy atom. The number of carbonyl (C=O) groups excluding carboxylic acids is 1.